The van der Waals surface area contributed by atoms with Gasteiger partial charge in [0.25, 0.3) is 0 Å². The molecule has 2 aromatic rings. The molecule has 6 heteroatoms. The molecule has 0 saturated carbocycles. The fourth-order valence-corrected chi connectivity index (χ4v) is 2.52. The smallest absolute Gasteiger partial charge is 0.341 e. The Balaban J connectivity index is 0.00000147. The van der Waals surface area contributed by atoms with E-state index in [9.17, 15) is 4.79 Å². The van der Waals surface area contributed by atoms with Gasteiger partial charge in [-0.05, 0) is 24.6 Å². The van der Waals surface area contributed by atoms with E-state index in [-0.39, 0.29) is 18.0 Å². The van der Waals surface area contributed by atoms with Crippen molar-refractivity contribution in [3.05, 3.63) is 33.7 Å². The molecule has 1 aromatic carbocycles. The van der Waals surface area contributed by atoms with Crippen LogP contribution in [0.5, 0.6) is 11.5 Å². The van der Waals surface area contributed by atoms with Crippen LogP contribution in [0.3, 0.4) is 0 Å². The van der Waals surface area contributed by atoms with Crippen molar-refractivity contribution in [3.8, 4) is 11.5 Å². The Morgan fingerprint density at radius 2 is 1.85 bits per heavy atom. The number of nitrogens with one attached hydrogen (secondary N) is 1. The fourth-order valence-electron chi connectivity index (χ4n) is 2.52. The van der Waals surface area contributed by atoms with E-state index in [1.54, 1.807) is 20.3 Å². The monoisotopic (exact) mass is 297 g/mol. The maximum Gasteiger partial charge on any atom is 0.341 e. The Labute approximate surface area is 122 Å². The fraction of sp³-hybridized carbons (Fsp3) is 0.357. The first-order chi connectivity index (χ1) is 9.24. The van der Waals surface area contributed by atoms with Gasteiger partial charge >= 0.3 is 5.63 Å². The summed E-state index contributed by atoms with van der Waals surface area (Å²) in [5, 5.41) is 4.11. The van der Waals surface area contributed by atoms with Crippen LogP contribution in [-0.2, 0) is 13.0 Å². The van der Waals surface area contributed by atoms with Crippen molar-refractivity contribution in [2.75, 3.05) is 20.8 Å². The zero-order valence-electron chi connectivity index (χ0n) is 11.3. The molecule has 0 radical (unpaired) electrons. The molecule has 0 spiro atoms. The number of ether oxygens (including phenoxy) is 2. The molecule has 1 aromatic heterocycles. The van der Waals surface area contributed by atoms with E-state index in [1.807, 2.05) is 6.07 Å². The van der Waals surface area contributed by atoms with Gasteiger partial charge in [-0.2, -0.15) is 0 Å². The molecule has 0 bridgehead atoms. The highest BCUT2D eigenvalue weighted by atomic mass is 35.5. The number of fused-ring (bicyclic) bond motifs is 3. The van der Waals surface area contributed by atoms with Crippen molar-refractivity contribution < 1.29 is 13.9 Å². The van der Waals surface area contributed by atoms with Gasteiger partial charge in [-0.1, -0.05) is 0 Å². The van der Waals surface area contributed by atoms with Crippen molar-refractivity contribution in [2.45, 2.75) is 13.0 Å². The summed E-state index contributed by atoms with van der Waals surface area (Å²) in [6.45, 7) is 1.42. The van der Waals surface area contributed by atoms with E-state index >= 15 is 0 Å². The lowest BCUT2D eigenvalue weighted by atomic mass is 9.98. The van der Waals surface area contributed by atoms with Crippen molar-refractivity contribution in [2.24, 2.45) is 0 Å². The van der Waals surface area contributed by atoms with Gasteiger partial charge in [0, 0.05) is 18.0 Å². The summed E-state index contributed by atoms with van der Waals surface area (Å²) in [4.78, 5) is 12.0. The molecule has 1 aliphatic heterocycles. The SMILES string of the molecule is COc1cc2oc(=O)c3c(c2cc1OC)CCNC3.Cl. The van der Waals surface area contributed by atoms with Gasteiger partial charge in [-0.25, -0.2) is 4.79 Å². The molecule has 0 fully saturated rings. The Morgan fingerprint density at radius 1 is 1.15 bits per heavy atom. The van der Waals surface area contributed by atoms with Crippen molar-refractivity contribution in [1.29, 1.82) is 0 Å². The third-order valence-corrected chi connectivity index (χ3v) is 3.48. The summed E-state index contributed by atoms with van der Waals surface area (Å²) < 4.78 is 15.9. The van der Waals surface area contributed by atoms with E-state index < -0.39 is 0 Å². The molecule has 0 atom stereocenters. The molecule has 0 amide bonds. The maximum atomic E-state index is 12.0. The first kappa shape index (κ1) is 14.7. The quantitative estimate of drug-likeness (QED) is 0.858. The number of halogens is 1. The van der Waals surface area contributed by atoms with Crippen molar-refractivity contribution >= 4 is 23.4 Å². The van der Waals surface area contributed by atoms with Gasteiger partial charge < -0.3 is 19.2 Å². The largest absolute Gasteiger partial charge is 0.493 e. The molecule has 3 rings (SSSR count). The molecule has 1 aliphatic rings. The predicted molar refractivity (Wildman–Crippen MR) is 78.2 cm³/mol. The number of benzene rings is 1. The lowest BCUT2D eigenvalue weighted by Crippen LogP contribution is -2.29. The molecule has 108 valence electrons. The Morgan fingerprint density at radius 3 is 2.55 bits per heavy atom. The van der Waals surface area contributed by atoms with Gasteiger partial charge in [0.2, 0.25) is 0 Å². The zero-order valence-corrected chi connectivity index (χ0v) is 12.1. The number of methoxy groups -OCH3 is 2. The maximum absolute atomic E-state index is 12.0. The lowest BCUT2D eigenvalue weighted by molar-refractivity contribution is 0.355. The molecule has 0 unspecified atom stereocenters. The van der Waals surface area contributed by atoms with Crippen LogP contribution >= 0.6 is 12.4 Å². The van der Waals surface area contributed by atoms with Crippen LogP contribution in [-0.4, -0.2) is 20.8 Å². The summed E-state index contributed by atoms with van der Waals surface area (Å²) in [5.41, 5.74) is 2.03. The summed E-state index contributed by atoms with van der Waals surface area (Å²) in [5.74, 6) is 1.21. The third kappa shape index (κ3) is 2.23. The minimum atomic E-state index is -0.276. The lowest BCUT2D eigenvalue weighted by Gasteiger charge is -2.18. The second-order valence-corrected chi connectivity index (χ2v) is 4.48. The van der Waals surface area contributed by atoms with E-state index in [0.29, 0.717) is 29.2 Å². The third-order valence-electron chi connectivity index (χ3n) is 3.48. The highest BCUT2D eigenvalue weighted by Gasteiger charge is 2.19. The van der Waals surface area contributed by atoms with Crippen molar-refractivity contribution in [3.63, 3.8) is 0 Å². The molecule has 5 nitrogen and oxygen atoms in total. The highest BCUT2D eigenvalue weighted by molar-refractivity contribution is 5.85. The van der Waals surface area contributed by atoms with Crippen LogP contribution in [0.1, 0.15) is 11.1 Å². The van der Waals surface area contributed by atoms with Gasteiger partial charge in [0.05, 0.1) is 19.8 Å². The summed E-state index contributed by atoms with van der Waals surface area (Å²) >= 11 is 0. The van der Waals surface area contributed by atoms with Gasteiger partial charge in [-0.15, -0.1) is 12.4 Å². The zero-order chi connectivity index (χ0) is 13.4. The van der Waals surface area contributed by atoms with E-state index in [4.69, 9.17) is 13.9 Å². The molecule has 2 heterocycles. The molecule has 20 heavy (non-hydrogen) atoms. The van der Waals surface area contributed by atoms with E-state index in [2.05, 4.69) is 5.32 Å². The van der Waals surface area contributed by atoms with Crippen LogP contribution in [0.2, 0.25) is 0 Å². The molecular formula is C14H16ClNO4. The second kappa shape index (κ2) is 5.73. The van der Waals surface area contributed by atoms with E-state index in [0.717, 1.165) is 23.9 Å². The van der Waals surface area contributed by atoms with Gasteiger partial charge in [0.15, 0.2) is 11.5 Å². The average molecular weight is 298 g/mol. The predicted octanol–water partition coefficient (Wildman–Crippen LogP) is 1.88. The first-order valence-electron chi connectivity index (χ1n) is 6.16. The van der Waals surface area contributed by atoms with Crippen LogP contribution in [0.15, 0.2) is 21.3 Å². The molecule has 0 aliphatic carbocycles. The Hall–Kier alpha value is -1.72. The number of hydrogen-bond acceptors (Lipinski definition) is 5. The van der Waals surface area contributed by atoms with Gasteiger partial charge in [-0.3, -0.25) is 0 Å². The number of rotatable bonds is 2. The molecular weight excluding hydrogens is 282 g/mol. The van der Waals surface area contributed by atoms with Crippen LogP contribution in [0.25, 0.3) is 11.0 Å². The summed E-state index contributed by atoms with van der Waals surface area (Å²) in [7, 11) is 3.15. The van der Waals surface area contributed by atoms with E-state index in [1.165, 1.54) is 0 Å². The summed E-state index contributed by atoms with van der Waals surface area (Å²) in [6, 6.07) is 3.58. The first-order valence-corrected chi connectivity index (χ1v) is 6.16. The summed E-state index contributed by atoms with van der Waals surface area (Å²) in [6.07, 6.45) is 0.812. The molecule has 1 N–H and O–H groups in total. The average Bonchev–Trinajstić information content (AvgIpc) is 2.46. The standard InChI is InChI=1S/C14H15NO4.ClH/c1-17-12-5-9-8-3-4-15-7-10(8)14(16)19-11(9)6-13(12)18-2;/h5-6,15H,3-4,7H2,1-2H3;1H. The minimum absolute atomic E-state index is 0. The van der Waals surface area contributed by atoms with Gasteiger partial charge in [0.1, 0.15) is 5.58 Å². The van der Waals surface area contributed by atoms with Crippen molar-refractivity contribution in [1.82, 2.24) is 5.32 Å². The normalized spacial score (nSPS) is 13.5. The number of hydrogen-bond donors (Lipinski definition) is 1. The Bertz CT molecular complexity index is 696. The Kier molecular flexibility index (Phi) is 4.20. The minimum Gasteiger partial charge on any atom is -0.493 e. The van der Waals surface area contributed by atoms with Crippen LogP contribution in [0.4, 0.5) is 0 Å². The topological polar surface area (TPSA) is 60.7 Å². The van der Waals surface area contributed by atoms with Crippen LogP contribution < -0.4 is 20.4 Å². The van der Waals surface area contributed by atoms with Crippen LogP contribution in [0, 0.1) is 0 Å². The highest BCUT2D eigenvalue weighted by Crippen LogP contribution is 2.34. The second-order valence-electron chi connectivity index (χ2n) is 4.48. The molecule has 0 saturated heterocycles.